The Hall–Kier alpha value is -2.12. The molecule has 1 aromatic heterocycles. The maximum absolute atomic E-state index is 12.4. The average Bonchev–Trinajstić information content (AvgIpc) is 2.88. The number of carbonyl (C=O) groups excluding carboxylic acids is 1. The van der Waals surface area contributed by atoms with Crippen molar-refractivity contribution in [3.05, 3.63) is 51.7 Å². The van der Waals surface area contributed by atoms with Gasteiger partial charge in [-0.3, -0.25) is 4.79 Å². The smallest absolute Gasteiger partial charge is 0.194 e. The standard InChI is InChI=1S/C16H15NO2S/c1-3-19-13-6-4-12(5-7-13)14(10-17)15(18)16-11(2)8-9-20-16/h4-9,14H,3H2,1-2H3. The van der Waals surface area contributed by atoms with E-state index in [2.05, 4.69) is 6.07 Å². The molecule has 0 N–H and O–H groups in total. The van der Waals surface area contributed by atoms with E-state index in [1.165, 1.54) is 11.3 Å². The van der Waals surface area contributed by atoms with Crippen molar-refractivity contribution in [1.82, 2.24) is 0 Å². The molecule has 0 spiro atoms. The van der Waals surface area contributed by atoms with Crippen molar-refractivity contribution >= 4 is 17.1 Å². The van der Waals surface area contributed by atoms with Gasteiger partial charge in [-0.2, -0.15) is 5.26 Å². The van der Waals surface area contributed by atoms with Crippen molar-refractivity contribution in [2.75, 3.05) is 6.61 Å². The number of aryl methyl sites for hydroxylation is 1. The third-order valence-electron chi connectivity index (χ3n) is 3.00. The summed E-state index contributed by atoms with van der Waals surface area (Å²) in [5, 5.41) is 11.2. The zero-order valence-corrected chi connectivity index (χ0v) is 12.2. The van der Waals surface area contributed by atoms with E-state index in [4.69, 9.17) is 4.74 Å². The quantitative estimate of drug-likeness (QED) is 0.782. The maximum atomic E-state index is 12.4. The van der Waals surface area contributed by atoms with Gasteiger partial charge in [0.15, 0.2) is 5.78 Å². The van der Waals surface area contributed by atoms with Crippen molar-refractivity contribution in [2.24, 2.45) is 0 Å². The normalized spacial score (nSPS) is 11.7. The fraction of sp³-hybridized carbons (Fsp3) is 0.250. The van der Waals surface area contributed by atoms with Crippen LogP contribution >= 0.6 is 11.3 Å². The molecule has 0 saturated carbocycles. The van der Waals surface area contributed by atoms with E-state index in [-0.39, 0.29) is 5.78 Å². The predicted molar refractivity (Wildman–Crippen MR) is 79.4 cm³/mol. The molecule has 102 valence electrons. The van der Waals surface area contributed by atoms with Gasteiger partial charge in [0.2, 0.25) is 0 Å². The third-order valence-corrected chi connectivity index (χ3v) is 4.03. The molecular formula is C16H15NO2S. The zero-order chi connectivity index (χ0) is 14.5. The molecule has 20 heavy (non-hydrogen) atoms. The van der Waals surface area contributed by atoms with Gasteiger partial charge in [0.25, 0.3) is 0 Å². The molecule has 0 aliphatic heterocycles. The van der Waals surface area contributed by atoms with E-state index in [9.17, 15) is 10.1 Å². The summed E-state index contributed by atoms with van der Waals surface area (Å²) in [7, 11) is 0. The summed E-state index contributed by atoms with van der Waals surface area (Å²) in [4.78, 5) is 13.1. The van der Waals surface area contributed by atoms with E-state index in [1.54, 1.807) is 24.3 Å². The number of hydrogen-bond donors (Lipinski definition) is 0. The van der Waals surface area contributed by atoms with Crippen LogP contribution < -0.4 is 4.74 Å². The van der Waals surface area contributed by atoms with Gasteiger partial charge in [0, 0.05) is 0 Å². The van der Waals surface area contributed by atoms with Crippen molar-refractivity contribution in [2.45, 2.75) is 19.8 Å². The Bertz CT molecular complexity index is 637. The number of Topliss-reactive ketones (excluding diaryl/α,β-unsaturated/α-hetero) is 1. The van der Waals surface area contributed by atoms with Crippen LogP contribution in [0.5, 0.6) is 5.75 Å². The van der Waals surface area contributed by atoms with Crippen LogP contribution in [-0.2, 0) is 0 Å². The number of hydrogen-bond acceptors (Lipinski definition) is 4. The second-order valence-electron chi connectivity index (χ2n) is 4.36. The summed E-state index contributed by atoms with van der Waals surface area (Å²) in [6.07, 6.45) is 0. The molecule has 0 bridgehead atoms. The minimum Gasteiger partial charge on any atom is -0.494 e. The number of ether oxygens (including phenoxy) is 1. The molecule has 4 heteroatoms. The number of nitriles is 1. The van der Waals surface area contributed by atoms with Gasteiger partial charge < -0.3 is 4.74 Å². The Balaban J connectivity index is 2.27. The Kier molecular flexibility index (Phi) is 4.54. The zero-order valence-electron chi connectivity index (χ0n) is 11.4. The van der Waals surface area contributed by atoms with E-state index in [1.807, 2.05) is 25.3 Å². The van der Waals surface area contributed by atoms with Crippen LogP contribution in [0.15, 0.2) is 35.7 Å². The third kappa shape index (κ3) is 2.89. The lowest BCUT2D eigenvalue weighted by Gasteiger charge is -2.09. The highest BCUT2D eigenvalue weighted by molar-refractivity contribution is 7.12. The molecule has 2 aromatic rings. The number of ketones is 1. The Labute approximate surface area is 122 Å². The van der Waals surface area contributed by atoms with Gasteiger partial charge in [-0.1, -0.05) is 12.1 Å². The van der Waals surface area contributed by atoms with Crippen LogP contribution in [0.2, 0.25) is 0 Å². The Morgan fingerprint density at radius 2 is 2.05 bits per heavy atom. The number of benzene rings is 1. The molecule has 1 aromatic carbocycles. The number of carbonyl (C=O) groups is 1. The lowest BCUT2D eigenvalue weighted by atomic mass is 9.94. The second-order valence-corrected chi connectivity index (χ2v) is 5.28. The lowest BCUT2D eigenvalue weighted by molar-refractivity contribution is 0.0982. The summed E-state index contributed by atoms with van der Waals surface area (Å²) < 4.78 is 5.36. The molecule has 1 atom stereocenters. The molecule has 0 aliphatic rings. The molecular weight excluding hydrogens is 270 g/mol. The van der Waals surface area contributed by atoms with E-state index < -0.39 is 5.92 Å². The van der Waals surface area contributed by atoms with Gasteiger partial charge in [-0.25, -0.2) is 0 Å². The fourth-order valence-electron chi connectivity index (χ4n) is 1.96. The SMILES string of the molecule is CCOc1ccc(C(C#N)C(=O)c2sccc2C)cc1. The number of rotatable bonds is 5. The Morgan fingerprint density at radius 3 is 2.55 bits per heavy atom. The summed E-state index contributed by atoms with van der Waals surface area (Å²) in [5.74, 6) is -0.153. The monoisotopic (exact) mass is 285 g/mol. The molecule has 1 unspecified atom stereocenters. The predicted octanol–water partition coefficient (Wildman–Crippen LogP) is 3.95. The highest BCUT2D eigenvalue weighted by atomic mass is 32.1. The Morgan fingerprint density at radius 1 is 1.35 bits per heavy atom. The van der Waals surface area contributed by atoms with Crippen molar-refractivity contribution in [3.8, 4) is 11.8 Å². The molecule has 3 nitrogen and oxygen atoms in total. The van der Waals surface area contributed by atoms with Crippen LogP contribution in [0.4, 0.5) is 0 Å². The first kappa shape index (κ1) is 14.3. The molecule has 0 radical (unpaired) electrons. The van der Waals surface area contributed by atoms with Crippen molar-refractivity contribution < 1.29 is 9.53 Å². The van der Waals surface area contributed by atoms with Gasteiger partial charge in [-0.15, -0.1) is 11.3 Å². The minimum atomic E-state index is -0.761. The summed E-state index contributed by atoms with van der Waals surface area (Å²) in [6, 6.07) is 11.1. The molecule has 1 heterocycles. The molecule has 0 amide bonds. The van der Waals surface area contributed by atoms with Gasteiger partial charge in [0.1, 0.15) is 11.7 Å². The second kappa shape index (κ2) is 6.36. The molecule has 0 saturated heterocycles. The van der Waals surface area contributed by atoms with Gasteiger partial charge >= 0.3 is 0 Å². The first-order valence-electron chi connectivity index (χ1n) is 6.38. The molecule has 0 fully saturated rings. The van der Waals surface area contributed by atoms with Crippen LogP contribution in [0, 0.1) is 18.3 Å². The first-order chi connectivity index (χ1) is 9.67. The van der Waals surface area contributed by atoms with E-state index in [0.29, 0.717) is 17.0 Å². The average molecular weight is 285 g/mol. The molecule has 0 aliphatic carbocycles. The highest BCUT2D eigenvalue weighted by Gasteiger charge is 2.24. The van der Waals surface area contributed by atoms with Gasteiger partial charge in [-0.05, 0) is 48.6 Å². The number of thiophene rings is 1. The van der Waals surface area contributed by atoms with E-state index >= 15 is 0 Å². The van der Waals surface area contributed by atoms with E-state index in [0.717, 1.165) is 11.3 Å². The highest BCUT2D eigenvalue weighted by Crippen LogP contribution is 2.26. The number of nitrogens with zero attached hydrogens (tertiary/aromatic N) is 1. The van der Waals surface area contributed by atoms with Crippen molar-refractivity contribution in [3.63, 3.8) is 0 Å². The minimum absolute atomic E-state index is 0.135. The summed E-state index contributed by atoms with van der Waals surface area (Å²) in [5.41, 5.74) is 1.62. The summed E-state index contributed by atoms with van der Waals surface area (Å²) in [6.45, 7) is 4.39. The lowest BCUT2D eigenvalue weighted by Crippen LogP contribution is -2.10. The summed E-state index contributed by atoms with van der Waals surface area (Å²) >= 11 is 1.38. The maximum Gasteiger partial charge on any atom is 0.194 e. The molecule has 2 rings (SSSR count). The topological polar surface area (TPSA) is 50.1 Å². The first-order valence-corrected chi connectivity index (χ1v) is 7.26. The largest absolute Gasteiger partial charge is 0.494 e. The fourth-order valence-corrected chi connectivity index (χ4v) is 2.86. The van der Waals surface area contributed by atoms with Crippen molar-refractivity contribution in [1.29, 1.82) is 5.26 Å². The van der Waals surface area contributed by atoms with Gasteiger partial charge in [0.05, 0.1) is 17.6 Å². The van der Waals surface area contributed by atoms with Crippen LogP contribution in [-0.4, -0.2) is 12.4 Å². The van der Waals surface area contributed by atoms with Crippen LogP contribution in [0.25, 0.3) is 0 Å². The van der Waals surface area contributed by atoms with Crippen LogP contribution in [0.3, 0.4) is 0 Å². The van der Waals surface area contributed by atoms with Crippen LogP contribution in [0.1, 0.15) is 33.6 Å².